The number of anilines is 1. The van der Waals surface area contributed by atoms with Crippen LogP contribution in [0, 0.1) is 0 Å². The number of rotatable bonds is 2. The van der Waals surface area contributed by atoms with Gasteiger partial charge in [0.1, 0.15) is 18.0 Å². The summed E-state index contributed by atoms with van der Waals surface area (Å²) in [5.74, 6) is 0.00839. The van der Waals surface area contributed by atoms with Crippen LogP contribution in [0.15, 0.2) is 17.1 Å². The molecule has 0 aromatic carbocycles. The first-order chi connectivity index (χ1) is 8.37. The molecule has 1 fully saturated rings. The lowest BCUT2D eigenvalue weighted by Gasteiger charge is -2.24. The molecule has 4 N–H and O–H groups in total. The lowest BCUT2D eigenvalue weighted by molar-refractivity contribution is -0.0610. The molecule has 1 aliphatic rings. The highest BCUT2D eigenvalue weighted by atomic mass is 19.1. The van der Waals surface area contributed by atoms with E-state index in [4.69, 9.17) is 15.6 Å². The fourth-order valence-corrected chi connectivity index (χ4v) is 1.97. The highest BCUT2D eigenvalue weighted by Crippen LogP contribution is 2.40. The molecule has 1 aliphatic heterocycles. The number of aliphatic hydroxyl groups is 2. The van der Waals surface area contributed by atoms with Crippen molar-refractivity contribution in [2.75, 3.05) is 12.3 Å². The third-order valence-electron chi connectivity index (χ3n) is 3.00. The van der Waals surface area contributed by atoms with Crippen LogP contribution in [0.5, 0.6) is 0 Å². The third kappa shape index (κ3) is 1.88. The van der Waals surface area contributed by atoms with Crippen molar-refractivity contribution >= 4 is 5.82 Å². The summed E-state index contributed by atoms with van der Waals surface area (Å²) in [6, 6.07) is 1.32. The van der Waals surface area contributed by atoms with Crippen molar-refractivity contribution in [3.8, 4) is 0 Å². The first-order valence-electron chi connectivity index (χ1n) is 5.36. The number of ether oxygens (including phenoxy) is 1. The van der Waals surface area contributed by atoms with Gasteiger partial charge >= 0.3 is 5.69 Å². The highest BCUT2D eigenvalue weighted by molar-refractivity contribution is 5.23. The second-order valence-electron chi connectivity index (χ2n) is 4.35. The van der Waals surface area contributed by atoms with Crippen LogP contribution in [-0.2, 0) is 4.74 Å². The largest absolute Gasteiger partial charge is 0.394 e. The van der Waals surface area contributed by atoms with E-state index in [0.29, 0.717) is 0 Å². The van der Waals surface area contributed by atoms with Crippen molar-refractivity contribution in [1.82, 2.24) is 9.55 Å². The van der Waals surface area contributed by atoms with Crippen molar-refractivity contribution in [2.45, 2.75) is 31.0 Å². The van der Waals surface area contributed by atoms with E-state index in [1.54, 1.807) is 0 Å². The number of alkyl halides is 1. The number of hydrogen-bond donors (Lipinski definition) is 3. The lowest BCUT2D eigenvalue weighted by atomic mass is 9.98. The maximum atomic E-state index is 14.4. The van der Waals surface area contributed by atoms with Gasteiger partial charge in [-0.05, 0) is 13.0 Å². The number of nitrogens with two attached hydrogens (primary N) is 1. The lowest BCUT2D eigenvalue weighted by Crippen LogP contribution is -2.42. The van der Waals surface area contributed by atoms with Gasteiger partial charge in [0.25, 0.3) is 0 Å². The Kier molecular flexibility index (Phi) is 3.09. The van der Waals surface area contributed by atoms with Crippen molar-refractivity contribution in [3.63, 3.8) is 0 Å². The van der Waals surface area contributed by atoms with Gasteiger partial charge in [-0.2, -0.15) is 4.98 Å². The Morgan fingerprint density at radius 1 is 1.72 bits per heavy atom. The average molecular weight is 259 g/mol. The number of nitrogen functional groups attached to an aromatic ring is 1. The maximum absolute atomic E-state index is 14.4. The Labute approximate surface area is 102 Å². The average Bonchev–Trinajstić information content (AvgIpc) is 2.52. The number of hydrogen-bond acceptors (Lipinski definition) is 6. The molecule has 100 valence electrons. The van der Waals surface area contributed by atoms with Crippen molar-refractivity contribution in [1.29, 1.82) is 0 Å². The zero-order valence-corrected chi connectivity index (χ0v) is 9.65. The monoisotopic (exact) mass is 259 g/mol. The normalized spacial score (nSPS) is 35.9. The predicted octanol–water partition coefficient (Wildman–Crippen LogP) is -1.20. The fraction of sp³-hybridized carbons (Fsp3) is 0.600. The van der Waals surface area contributed by atoms with E-state index in [1.165, 1.54) is 12.3 Å². The van der Waals surface area contributed by atoms with Gasteiger partial charge in [0, 0.05) is 6.20 Å². The summed E-state index contributed by atoms with van der Waals surface area (Å²) in [5.41, 5.74) is 2.33. The molecule has 8 heteroatoms. The molecule has 0 unspecified atom stereocenters. The second-order valence-corrected chi connectivity index (χ2v) is 4.35. The molecule has 1 saturated heterocycles. The van der Waals surface area contributed by atoms with Crippen molar-refractivity contribution in [3.05, 3.63) is 22.7 Å². The minimum Gasteiger partial charge on any atom is -0.394 e. The SMILES string of the molecule is C[C@@]1(F)[C@H](O)[C@@H](CO)O[C@H]1n1ccc(N)nc1=O. The molecule has 4 atom stereocenters. The van der Waals surface area contributed by atoms with Gasteiger partial charge in [0.05, 0.1) is 6.61 Å². The summed E-state index contributed by atoms with van der Waals surface area (Å²) in [7, 11) is 0. The molecule has 0 aliphatic carbocycles. The van der Waals surface area contributed by atoms with Gasteiger partial charge in [-0.25, -0.2) is 9.18 Å². The van der Waals surface area contributed by atoms with E-state index in [9.17, 15) is 14.3 Å². The number of halogens is 1. The van der Waals surface area contributed by atoms with Crippen LogP contribution in [0.1, 0.15) is 13.2 Å². The summed E-state index contributed by atoms with van der Waals surface area (Å²) in [4.78, 5) is 15.1. The summed E-state index contributed by atoms with van der Waals surface area (Å²) in [6.07, 6.45) is -2.74. The molecule has 2 rings (SSSR count). The van der Waals surface area contributed by atoms with Gasteiger partial charge in [-0.3, -0.25) is 4.57 Å². The zero-order chi connectivity index (χ0) is 13.5. The van der Waals surface area contributed by atoms with E-state index in [2.05, 4.69) is 4.98 Å². The molecule has 0 bridgehead atoms. The number of aromatic nitrogens is 2. The molecule has 1 aromatic rings. The van der Waals surface area contributed by atoms with Crippen LogP contribution in [0.4, 0.5) is 10.2 Å². The fourth-order valence-electron chi connectivity index (χ4n) is 1.97. The summed E-state index contributed by atoms with van der Waals surface area (Å²) >= 11 is 0. The maximum Gasteiger partial charge on any atom is 0.351 e. The minimum absolute atomic E-state index is 0.00839. The summed E-state index contributed by atoms with van der Waals surface area (Å²) in [5, 5.41) is 18.6. The Bertz CT molecular complexity index is 504. The topological polar surface area (TPSA) is 111 Å². The van der Waals surface area contributed by atoms with E-state index in [0.717, 1.165) is 11.5 Å². The summed E-state index contributed by atoms with van der Waals surface area (Å²) < 4.78 is 20.4. The molecule has 7 nitrogen and oxygen atoms in total. The van der Waals surface area contributed by atoms with Gasteiger partial charge in [-0.1, -0.05) is 0 Å². The number of nitrogens with zero attached hydrogens (tertiary/aromatic N) is 2. The van der Waals surface area contributed by atoms with Crippen LogP contribution in [0.3, 0.4) is 0 Å². The Morgan fingerprint density at radius 2 is 2.39 bits per heavy atom. The quantitative estimate of drug-likeness (QED) is 0.615. The molecule has 0 amide bonds. The van der Waals surface area contributed by atoms with Crippen LogP contribution in [0.25, 0.3) is 0 Å². The van der Waals surface area contributed by atoms with E-state index in [-0.39, 0.29) is 5.82 Å². The Balaban J connectivity index is 2.42. The molecule has 1 aromatic heterocycles. The van der Waals surface area contributed by atoms with Gasteiger partial charge in [0.2, 0.25) is 0 Å². The highest BCUT2D eigenvalue weighted by Gasteiger charge is 2.55. The zero-order valence-electron chi connectivity index (χ0n) is 9.65. The van der Waals surface area contributed by atoms with Crippen LogP contribution in [-0.4, -0.2) is 44.2 Å². The standard InChI is InChI=1S/C10H14FN3O4/c1-10(11)7(16)5(4-15)18-8(10)14-3-2-6(12)13-9(14)17/h2-3,5,7-8,15-16H,4H2,1H3,(H2,12,13,17)/t5-,7-,8-,10-/m1/s1. The van der Waals surface area contributed by atoms with Crippen molar-refractivity contribution < 1.29 is 19.3 Å². The van der Waals surface area contributed by atoms with Gasteiger partial charge in [0.15, 0.2) is 11.9 Å². The first-order valence-corrected chi connectivity index (χ1v) is 5.36. The molecular weight excluding hydrogens is 245 g/mol. The van der Waals surface area contributed by atoms with E-state index < -0.39 is 36.4 Å². The first kappa shape index (κ1) is 12.9. The molecule has 0 saturated carbocycles. The molecular formula is C10H14FN3O4. The Hall–Kier alpha value is -1.51. The molecule has 0 radical (unpaired) electrons. The van der Waals surface area contributed by atoms with Crippen LogP contribution >= 0.6 is 0 Å². The minimum atomic E-state index is -2.21. The number of aliphatic hydroxyl groups excluding tert-OH is 2. The van der Waals surface area contributed by atoms with E-state index in [1.807, 2.05) is 0 Å². The molecule has 0 spiro atoms. The third-order valence-corrected chi connectivity index (χ3v) is 3.00. The van der Waals surface area contributed by atoms with Gasteiger partial charge in [-0.15, -0.1) is 0 Å². The van der Waals surface area contributed by atoms with E-state index >= 15 is 0 Å². The van der Waals surface area contributed by atoms with Crippen LogP contribution < -0.4 is 11.4 Å². The smallest absolute Gasteiger partial charge is 0.351 e. The molecule has 2 heterocycles. The Morgan fingerprint density at radius 3 is 2.89 bits per heavy atom. The van der Waals surface area contributed by atoms with Crippen molar-refractivity contribution in [2.24, 2.45) is 0 Å². The molecule has 18 heavy (non-hydrogen) atoms. The second kappa shape index (κ2) is 4.30. The van der Waals surface area contributed by atoms with Gasteiger partial charge < -0.3 is 20.7 Å². The summed E-state index contributed by atoms with van der Waals surface area (Å²) in [6.45, 7) is 0.551. The predicted molar refractivity (Wildman–Crippen MR) is 59.4 cm³/mol. The van der Waals surface area contributed by atoms with Crippen LogP contribution in [0.2, 0.25) is 0 Å².